The lowest BCUT2D eigenvalue weighted by atomic mass is 10.1. The van der Waals surface area contributed by atoms with Crippen LogP contribution in [0.1, 0.15) is 29.2 Å². The third-order valence-corrected chi connectivity index (χ3v) is 4.51. The maximum absolute atomic E-state index is 8.92. The van der Waals surface area contributed by atoms with Crippen molar-refractivity contribution in [3.05, 3.63) is 57.6 Å². The lowest BCUT2D eigenvalue weighted by Gasteiger charge is -2.17. The Morgan fingerprint density at radius 3 is 2.86 bits per heavy atom. The molecule has 0 aliphatic heterocycles. The maximum Gasteiger partial charge on any atom is 0.119 e. The molecule has 0 heterocycles. The van der Waals surface area contributed by atoms with Crippen molar-refractivity contribution in [2.45, 2.75) is 18.9 Å². The highest BCUT2D eigenvalue weighted by Gasteiger charge is 2.23. The molecule has 3 rings (SSSR count). The monoisotopic (exact) mass is 342 g/mol. The van der Waals surface area contributed by atoms with Crippen LogP contribution < -0.4 is 10.1 Å². The van der Waals surface area contributed by atoms with Gasteiger partial charge in [0.05, 0.1) is 24.8 Å². The van der Waals surface area contributed by atoms with E-state index in [0.29, 0.717) is 5.56 Å². The number of benzene rings is 2. The van der Waals surface area contributed by atoms with Gasteiger partial charge in [-0.1, -0.05) is 6.07 Å². The topological polar surface area (TPSA) is 45.0 Å². The van der Waals surface area contributed by atoms with Crippen molar-refractivity contribution in [2.24, 2.45) is 0 Å². The third-order valence-electron chi connectivity index (χ3n) is 3.86. The van der Waals surface area contributed by atoms with Gasteiger partial charge < -0.3 is 10.1 Å². The minimum absolute atomic E-state index is 0.277. The van der Waals surface area contributed by atoms with Crippen molar-refractivity contribution in [2.75, 3.05) is 12.4 Å². The molecule has 1 aliphatic rings. The summed E-state index contributed by atoms with van der Waals surface area (Å²) >= 11 is 3.53. The molecule has 1 unspecified atom stereocenters. The summed E-state index contributed by atoms with van der Waals surface area (Å²) in [7, 11) is 1.69. The van der Waals surface area contributed by atoms with Gasteiger partial charge in [0, 0.05) is 10.2 Å². The highest BCUT2D eigenvalue weighted by Crippen LogP contribution is 2.37. The van der Waals surface area contributed by atoms with E-state index in [1.54, 1.807) is 7.11 Å². The van der Waals surface area contributed by atoms with Gasteiger partial charge in [0.2, 0.25) is 0 Å². The van der Waals surface area contributed by atoms with E-state index in [0.717, 1.165) is 28.8 Å². The Kier molecular flexibility index (Phi) is 3.85. The summed E-state index contributed by atoms with van der Waals surface area (Å²) in [6.07, 6.45) is 2.14. The first-order valence-electron chi connectivity index (χ1n) is 6.84. The predicted molar refractivity (Wildman–Crippen MR) is 86.5 cm³/mol. The highest BCUT2D eigenvalue weighted by atomic mass is 79.9. The molecule has 0 spiro atoms. The van der Waals surface area contributed by atoms with E-state index in [2.05, 4.69) is 39.4 Å². The molecule has 0 radical (unpaired) electrons. The van der Waals surface area contributed by atoms with Crippen LogP contribution in [0.25, 0.3) is 0 Å². The van der Waals surface area contributed by atoms with Crippen LogP contribution in [0.2, 0.25) is 0 Å². The summed E-state index contributed by atoms with van der Waals surface area (Å²) in [5.41, 5.74) is 4.33. The first-order valence-corrected chi connectivity index (χ1v) is 7.63. The molecule has 0 aromatic heterocycles. The minimum atomic E-state index is 0.277. The lowest BCUT2D eigenvalue weighted by molar-refractivity contribution is 0.414. The molecule has 2 aromatic rings. The van der Waals surface area contributed by atoms with Crippen LogP contribution in [-0.4, -0.2) is 7.11 Å². The van der Waals surface area contributed by atoms with Crippen LogP contribution in [0.3, 0.4) is 0 Å². The molecular weight excluding hydrogens is 328 g/mol. The van der Waals surface area contributed by atoms with E-state index in [4.69, 9.17) is 10.00 Å². The third kappa shape index (κ3) is 2.74. The highest BCUT2D eigenvalue weighted by molar-refractivity contribution is 9.10. The maximum atomic E-state index is 8.92. The quantitative estimate of drug-likeness (QED) is 0.897. The molecule has 106 valence electrons. The standard InChI is InChI=1S/C17H15BrN2O/c1-21-13-5-3-12-4-7-16(14(12)9-13)20-17-6-2-11(10-19)8-15(17)18/h2-3,5-6,8-9,16,20H,4,7H2,1H3. The van der Waals surface area contributed by atoms with E-state index < -0.39 is 0 Å². The molecule has 1 atom stereocenters. The fourth-order valence-corrected chi connectivity index (χ4v) is 3.24. The van der Waals surface area contributed by atoms with Gasteiger partial charge in [-0.3, -0.25) is 0 Å². The molecule has 0 saturated carbocycles. The van der Waals surface area contributed by atoms with E-state index in [1.165, 1.54) is 11.1 Å². The summed E-state index contributed by atoms with van der Waals surface area (Å²) in [6, 6.07) is 14.3. The van der Waals surface area contributed by atoms with Crippen LogP contribution >= 0.6 is 15.9 Å². The first-order chi connectivity index (χ1) is 10.2. The Bertz CT molecular complexity index is 721. The predicted octanol–water partition coefficient (Wildman–Crippen LogP) is 4.43. The van der Waals surface area contributed by atoms with Crippen LogP contribution in [0.4, 0.5) is 5.69 Å². The normalized spacial score (nSPS) is 16.1. The second-order valence-corrected chi connectivity index (χ2v) is 5.96. The van der Waals surface area contributed by atoms with Gasteiger partial charge in [-0.15, -0.1) is 0 Å². The molecule has 2 aromatic carbocycles. The van der Waals surface area contributed by atoms with Crippen molar-refractivity contribution in [3.8, 4) is 11.8 Å². The number of halogens is 1. The zero-order valence-corrected chi connectivity index (χ0v) is 13.3. The molecule has 0 bridgehead atoms. The Labute approximate surface area is 132 Å². The summed E-state index contributed by atoms with van der Waals surface area (Å²) in [5, 5.41) is 12.5. The summed E-state index contributed by atoms with van der Waals surface area (Å²) in [5.74, 6) is 0.890. The Hall–Kier alpha value is -1.99. The van der Waals surface area contributed by atoms with Gasteiger partial charge in [0.1, 0.15) is 5.75 Å². The zero-order valence-electron chi connectivity index (χ0n) is 11.7. The second kappa shape index (κ2) is 5.79. The Morgan fingerprint density at radius 1 is 1.29 bits per heavy atom. The Morgan fingerprint density at radius 2 is 2.14 bits per heavy atom. The van der Waals surface area contributed by atoms with Gasteiger partial charge in [0.15, 0.2) is 0 Å². The van der Waals surface area contributed by atoms with Crippen molar-refractivity contribution < 1.29 is 4.74 Å². The summed E-state index contributed by atoms with van der Waals surface area (Å²) < 4.78 is 6.23. The average molecular weight is 343 g/mol. The molecule has 3 nitrogen and oxygen atoms in total. The van der Waals surface area contributed by atoms with Crippen molar-refractivity contribution >= 4 is 21.6 Å². The second-order valence-electron chi connectivity index (χ2n) is 5.11. The number of nitriles is 1. The number of methoxy groups -OCH3 is 1. The van der Waals surface area contributed by atoms with E-state index >= 15 is 0 Å². The van der Waals surface area contributed by atoms with E-state index in [-0.39, 0.29) is 6.04 Å². The molecule has 21 heavy (non-hydrogen) atoms. The number of aryl methyl sites for hydroxylation is 1. The number of rotatable bonds is 3. The largest absolute Gasteiger partial charge is 0.497 e. The number of anilines is 1. The zero-order chi connectivity index (χ0) is 14.8. The van der Waals surface area contributed by atoms with Crippen molar-refractivity contribution in [3.63, 3.8) is 0 Å². The fourth-order valence-electron chi connectivity index (χ4n) is 2.75. The molecular formula is C17H15BrN2O. The van der Waals surface area contributed by atoms with Crippen LogP contribution in [0, 0.1) is 11.3 Å². The number of hydrogen-bond acceptors (Lipinski definition) is 3. The smallest absolute Gasteiger partial charge is 0.119 e. The molecule has 1 aliphatic carbocycles. The molecule has 1 N–H and O–H groups in total. The van der Waals surface area contributed by atoms with Gasteiger partial charge in [0.25, 0.3) is 0 Å². The fraction of sp³-hybridized carbons (Fsp3) is 0.235. The van der Waals surface area contributed by atoms with E-state index in [1.807, 2.05) is 24.3 Å². The number of fused-ring (bicyclic) bond motifs is 1. The lowest BCUT2D eigenvalue weighted by Crippen LogP contribution is -2.07. The molecule has 0 fully saturated rings. The SMILES string of the molecule is COc1ccc2c(c1)C(Nc1ccc(C#N)cc1Br)CC2. The number of ether oxygens (including phenoxy) is 1. The summed E-state index contributed by atoms with van der Waals surface area (Å²) in [6.45, 7) is 0. The number of hydrogen-bond donors (Lipinski definition) is 1. The van der Waals surface area contributed by atoms with Gasteiger partial charge >= 0.3 is 0 Å². The van der Waals surface area contributed by atoms with Gasteiger partial charge in [-0.05, 0) is 70.2 Å². The van der Waals surface area contributed by atoms with Crippen LogP contribution in [-0.2, 0) is 6.42 Å². The Balaban J connectivity index is 1.87. The summed E-state index contributed by atoms with van der Waals surface area (Å²) in [4.78, 5) is 0. The number of nitrogens with zero attached hydrogens (tertiary/aromatic N) is 1. The minimum Gasteiger partial charge on any atom is -0.497 e. The average Bonchev–Trinajstić information content (AvgIpc) is 2.91. The number of nitrogens with one attached hydrogen (secondary N) is 1. The van der Waals surface area contributed by atoms with Crippen LogP contribution in [0.15, 0.2) is 40.9 Å². The molecule has 0 saturated heterocycles. The van der Waals surface area contributed by atoms with Crippen LogP contribution in [0.5, 0.6) is 5.75 Å². The molecule has 0 amide bonds. The molecule has 4 heteroatoms. The van der Waals surface area contributed by atoms with Crippen molar-refractivity contribution in [1.82, 2.24) is 0 Å². The van der Waals surface area contributed by atoms with Crippen molar-refractivity contribution in [1.29, 1.82) is 5.26 Å². The van der Waals surface area contributed by atoms with E-state index in [9.17, 15) is 0 Å². The van der Waals surface area contributed by atoms with Gasteiger partial charge in [-0.2, -0.15) is 5.26 Å². The van der Waals surface area contributed by atoms with Gasteiger partial charge in [-0.25, -0.2) is 0 Å². The first kappa shape index (κ1) is 14.0.